The van der Waals surface area contributed by atoms with Crippen molar-refractivity contribution < 1.29 is 4.79 Å². The summed E-state index contributed by atoms with van der Waals surface area (Å²) in [6.07, 6.45) is 6.05. The SMILES string of the molecule is O=C1C=CC2(C=Nc3ccccc32)C1. The first-order valence-corrected chi connectivity index (χ1v) is 4.67. The van der Waals surface area contributed by atoms with Crippen LogP contribution < -0.4 is 0 Å². The maximum Gasteiger partial charge on any atom is 0.157 e. The van der Waals surface area contributed by atoms with Gasteiger partial charge in [0.15, 0.2) is 5.78 Å². The molecule has 1 aliphatic carbocycles. The number of nitrogens with zero attached hydrogens (tertiary/aromatic N) is 1. The van der Waals surface area contributed by atoms with Crippen LogP contribution in [0.3, 0.4) is 0 Å². The van der Waals surface area contributed by atoms with Gasteiger partial charge in [-0.15, -0.1) is 0 Å². The normalized spacial score (nSPS) is 27.6. The second-order valence-corrected chi connectivity index (χ2v) is 3.79. The minimum Gasteiger partial charge on any atom is -0.295 e. The number of hydrogen-bond donors (Lipinski definition) is 0. The number of benzene rings is 1. The molecule has 1 aromatic rings. The molecule has 68 valence electrons. The van der Waals surface area contributed by atoms with E-state index in [4.69, 9.17) is 0 Å². The van der Waals surface area contributed by atoms with Crippen LogP contribution in [0, 0.1) is 0 Å². The zero-order valence-electron chi connectivity index (χ0n) is 7.60. The highest BCUT2D eigenvalue weighted by atomic mass is 16.1. The van der Waals surface area contributed by atoms with Crippen molar-refractivity contribution >= 4 is 17.7 Å². The van der Waals surface area contributed by atoms with Gasteiger partial charge in [0, 0.05) is 12.6 Å². The van der Waals surface area contributed by atoms with Crippen LogP contribution in [0.2, 0.25) is 0 Å². The van der Waals surface area contributed by atoms with Gasteiger partial charge in [-0.05, 0) is 17.7 Å². The fourth-order valence-electron chi connectivity index (χ4n) is 2.16. The van der Waals surface area contributed by atoms with Crippen LogP contribution in [0.25, 0.3) is 0 Å². The average Bonchev–Trinajstić information content (AvgIpc) is 2.75. The summed E-state index contributed by atoms with van der Waals surface area (Å²) in [7, 11) is 0. The molecule has 0 amide bonds. The van der Waals surface area contributed by atoms with E-state index in [9.17, 15) is 4.79 Å². The van der Waals surface area contributed by atoms with Gasteiger partial charge in [-0.2, -0.15) is 0 Å². The summed E-state index contributed by atoms with van der Waals surface area (Å²) in [5.41, 5.74) is 1.92. The van der Waals surface area contributed by atoms with Gasteiger partial charge in [0.25, 0.3) is 0 Å². The molecule has 1 atom stereocenters. The van der Waals surface area contributed by atoms with E-state index in [2.05, 4.69) is 4.99 Å². The molecule has 0 N–H and O–H groups in total. The predicted molar refractivity (Wildman–Crippen MR) is 55.0 cm³/mol. The minimum atomic E-state index is -0.228. The summed E-state index contributed by atoms with van der Waals surface area (Å²) in [6, 6.07) is 7.99. The fourth-order valence-corrected chi connectivity index (χ4v) is 2.16. The van der Waals surface area contributed by atoms with Crippen molar-refractivity contribution in [1.82, 2.24) is 0 Å². The molecule has 0 radical (unpaired) electrons. The maximum atomic E-state index is 11.3. The van der Waals surface area contributed by atoms with Crippen LogP contribution in [0.5, 0.6) is 0 Å². The highest BCUT2D eigenvalue weighted by molar-refractivity contribution is 6.02. The number of fused-ring (bicyclic) bond motifs is 2. The van der Waals surface area contributed by atoms with Crippen molar-refractivity contribution in [2.45, 2.75) is 11.8 Å². The molecule has 1 spiro atoms. The highest BCUT2D eigenvalue weighted by Gasteiger charge is 2.38. The molecule has 2 aliphatic rings. The Labute approximate surface area is 82.0 Å². The monoisotopic (exact) mass is 183 g/mol. The van der Waals surface area contributed by atoms with E-state index in [1.165, 1.54) is 0 Å². The van der Waals surface area contributed by atoms with E-state index < -0.39 is 0 Å². The Bertz CT molecular complexity index is 473. The quantitative estimate of drug-likeness (QED) is 0.606. The lowest BCUT2D eigenvalue weighted by atomic mass is 9.82. The van der Waals surface area contributed by atoms with Gasteiger partial charge in [-0.3, -0.25) is 9.79 Å². The Hall–Kier alpha value is -1.70. The third-order valence-corrected chi connectivity index (χ3v) is 2.87. The number of rotatable bonds is 0. The second kappa shape index (κ2) is 2.41. The van der Waals surface area contributed by atoms with E-state index >= 15 is 0 Å². The lowest BCUT2D eigenvalue weighted by molar-refractivity contribution is -0.114. The van der Waals surface area contributed by atoms with Crippen molar-refractivity contribution in [2.75, 3.05) is 0 Å². The summed E-state index contributed by atoms with van der Waals surface area (Å²) < 4.78 is 0. The molecule has 0 aromatic heterocycles. The highest BCUT2D eigenvalue weighted by Crippen LogP contribution is 2.42. The smallest absolute Gasteiger partial charge is 0.157 e. The number of carbonyl (C=O) groups excluding carboxylic acids is 1. The van der Waals surface area contributed by atoms with Crippen molar-refractivity contribution in [3.63, 3.8) is 0 Å². The molecular weight excluding hydrogens is 174 g/mol. The van der Waals surface area contributed by atoms with Gasteiger partial charge in [-0.1, -0.05) is 24.3 Å². The molecule has 0 saturated carbocycles. The van der Waals surface area contributed by atoms with E-state index in [0.717, 1.165) is 11.3 Å². The first kappa shape index (κ1) is 7.68. The number of para-hydroxylation sites is 1. The van der Waals surface area contributed by atoms with Crippen molar-refractivity contribution in [3.05, 3.63) is 42.0 Å². The number of hydrogen-bond acceptors (Lipinski definition) is 2. The van der Waals surface area contributed by atoms with Crippen LogP contribution >= 0.6 is 0 Å². The van der Waals surface area contributed by atoms with E-state index in [1.807, 2.05) is 36.6 Å². The summed E-state index contributed by atoms with van der Waals surface area (Å²) in [5.74, 6) is 0.188. The van der Waals surface area contributed by atoms with Gasteiger partial charge in [-0.25, -0.2) is 0 Å². The number of ketones is 1. The summed E-state index contributed by atoms with van der Waals surface area (Å²) in [5, 5.41) is 0. The van der Waals surface area contributed by atoms with Crippen LogP contribution in [0.4, 0.5) is 5.69 Å². The molecule has 3 rings (SSSR count). The summed E-state index contributed by atoms with van der Waals surface area (Å²) >= 11 is 0. The molecule has 1 heterocycles. The predicted octanol–water partition coefficient (Wildman–Crippen LogP) is 2.17. The van der Waals surface area contributed by atoms with Crippen LogP contribution in [-0.2, 0) is 10.2 Å². The molecule has 14 heavy (non-hydrogen) atoms. The van der Waals surface area contributed by atoms with E-state index in [-0.39, 0.29) is 11.2 Å². The summed E-state index contributed by atoms with van der Waals surface area (Å²) in [4.78, 5) is 15.6. The number of aliphatic imine (C=N–C) groups is 1. The number of carbonyl (C=O) groups is 1. The lowest BCUT2D eigenvalue weighted by Crippen LogP contribution is -2.21. The zero-order chi connectivity index (χ0) is 9.60. The topological polar surface area (TPSA) is 29.4 Å². The first-order chi connectivity index (χ1) is 6.80. The van der Waals surface area contributed by atoms with Gasteiger partial charge in [0.2, 0.25) is 0 Å². The Morgan fingerprint density at radius 3 is 2.93 bits per heavy atom. The van der Waals surface area contributed by atoms with Crippen molar-refractivity contribution in [1.29, 1.82) is 0 Å². The molecule has 2 heteroatoms. The number of allylic oxidation sites excluding steroid dienone is 2. The van der Waals surface area contributed by atoms with Crippen LogP contribution in [0.15, 0.2) is 41.4 Å². The molecule has 1 aromatic carbocycles. The minimum absolute atomic E-state index is 0.188. The molecule has 0 saturated heterocycles. The fraction of sp³-hybridized carbons (Fsp3) is 0.167. The van der Waals surface area contributed by atoms with E-state index in [1.54, 1.807) is 6.08 Å². The average molecular weight is 183 g/mol. The third-order valence-electron chi connectivity index (χ3n) is 2.87. The van der Waals surface area contributed by atoms with Gasteiger partial charge >= 0.3 is 0 Å². The molecule has 0 fully saturated rings. The largest absolute Gasteiger partial charge is 0.295 e. The molecule has 1 aliphatic heterocycles. The van der Waals surface area contributed by atoms with Crippen LogP contribution in [0.1, 0.15) is 12.0 Å². The Kier molecular flexibility index (Phi) is 1.32. The standard InChI is InChI=1S/C12H9NO/c14-9-5-6-12(7-9)8-13-11-4-2-1-3-10(11)12/h1-6,8H,7H2. The van der Waals surface area contributed by atoms with Crippen molar-refractivity contribution in [2.24, 2.45) is 4.99 Å². The zero-order valence-corrected chi connectivity index (χ0v) is 7.60. The molecular formula is C12H9NO. The van der Waals surface area contributed by atoms with Gasteiger partial charge in [0.05, 0.1) is 11.1 Å². The maximum absolute atomic E-state index is 11.3. The summed E-state index contributed by atoms with van der Waals surface area (Å²) in [6.45, 7) is 0. The van der Waals surface area contributed by atoms with Gasteiger partial charge < -0.3 is 0 Å². The molecule has 0 bridgehead atoms. The second-order valence-electron chi connectivity index (χ2n) is 3.79. The van der Waals surface area contributed by atoms with Gasteiger partial charge in [0.1, 0.15) is 0 Å². The molecule has 2 nitrogen and oxygen atoms in total. The third kappa shape index (κ3) is 0.854. The van der Waals surface area contributed by atoms with Crippen LogP contribution in [-0.4, -0.2) is 12.0 Å². The first-order valence-electron chi connectivity index (χ1n) is 4.67. The molecule has 1 unspecified atom stereocenters. The Morgan fingerprint density at radius 1 is 1.29 bits per heavy atom. The lowest BCUT2D eigenvalue weighted by Gasteiger charge is -2.17. The van der Waals surface area contributed by atoms with Crippen molar-refractivity contribution in [3.8, 4) is 0 Å². The van der Waals surface area contributed by atoms with E-state index in [0.29, 0.717) is 6.42 Å². The Morgan fingerprint density at radius 2 is 2.14 bits per heavy atom. The Balaban J connectivity index is 2.19.